The standard InChI is InChI=1S/C14H27NO4S/c1-13(2,3)15-20(17,18)19-9-8-14(4,5)11-6-7-12(16)10-11/h11,15H,6-10H2,1-5H3. The van der Waals surface area contributed by atoms with Crippen molar-refractivity contribution in [3.63, 3.8) is 0 Å². The van der Waals surface area contributed by atoms with Crippen LogP contribution in [0.3, 0.4) is 0 Å². The SMILES string of the molecule is CC(C)(C)NS(=O)(=O)OCCC(C)(C)C1CCC(=O)C1. The van der Waals surface area contributed by atoms with Crippen molar-refractivity contribution < 1.29 is 17.4 Å². The van der Waals surface area contributed by atoms with E-state index in [2.05, 4.69) is 18.6 Å². The van der Waals surface area contributed by atoms with Gasteiger partial charge in [-0.15, -0.1) is 0 Å². The lowest BCUT2D eigenvalue weighted by Gasteiger charge is -2.31. The van der Waals surface area contributed by atoms with Crippen molar-refractivity contribution in [3.05, 3.63) is 0 Å². The highest BCUT2D eigenvalue weighted by atomic mass is 32.2. The van der Waals surface area contributed by atoms with Crippen molar-refractivity contribution in [1.29, 1.82) is 0 Å². The highest BCUT2D eigenvalue weighted by Crippen LogP contribution is 2.40. The minimum absolute atomic E-state index is 0.0799. The maximum Gasteiger partial charge on any atom is 0.336 e. The molecule has 1 atom stereocenters. The Bertz CT molecular complexity index is 448. The third-order valence-electron chi connectivity index (χ3n) is 3.77. The average Bonchev–Trinajstić information content (AvgIpc) is 2.60. The summed E-state index contributed by atoms with van der Waals surface area (Å²) in [6.07, 6.45) is 2.79. The van der Waals surface area contributed by atoms with Crippen molar-refractivity contribution in [3.8, 4) is 0 Å². The van der Waals surface area contributed by atoms with Gasteiger partial charge in [-0.2, -0.15) is 13.1 Å². The summed E-state index contributed by atoms with van der Waals surface area (Å²) >= 11 is 0. The van der Waals surface area contributed by atoms with Crippen molar-refractivity contribution in [2.75, 3.05) is 6.61 Å². The first-order valence-corrected chi connectivity index (χ1v) is 8.52. The molecule has 0 aromatic carbocycles. The second-order valence-electron chi connectivity index (χ2n) is 7.35. The lowest BCUT2D eigenvalue weighted by Crippen LogP contribution is -2.41. The van der Waals surface area contributed by atoms with Crippen LogP contribution in [-0.4, -0.2) is 26.3 Å². The van der Waals surface area contributed by atoms with Crippen LogP contribution in [0.2, 0.25) is 0 Å². The molecule has 0 saturated heterocycles. The summed E-state index contributed by atoms with van der Waals surface area (Å²) in [5, 5.41) is 0. The van der Waals surface area contributed by atoms with Crippen LogP contribution in [-0.2, 0) is 19.3 Å². The molecular weight excluding hydrogens is 278 g/mol. The van der Waals surface area contributed by atoms with Gasteiger partial charge in [-0.25, -0.2) is 0 Å². The Morgan fingerprint density at radius 3 is 2.30 bits per heavy atom. The van der Waals surface area contributed by atoms with E-state index in [0.717, 1.165) is 6.42 Å². The van der Waals surface area contributed by atoms with Crippen molar-refractivity contribution >= 4 is 16.1 Å². The van der Waals surface area contributed by atoms with Crippen LogP contribution in [0, 0.1) is 11.3 Å². The molecule has 1 N–H and O–H groups in total. The van der Waals surface area contributed by atoms with Crippen molar-refractivity contribution in [1.82, 2.24) is 4.72 Å². The Morgan fingerprint density at radius 2 is 1.85 bits per heavy atom. The number of ketones is 1. The van der Waals surface area contributed by atoms with Gasteiger partial charge in [0.15, 0.2) is 0 Å². The van der Waals surface area contributed by atoms with Crippen LogP contribution in [0.5, 0.6) is 0 Å². The molecule has 1 aliphatic carbocycles. The molecule has 118 valence electrons. The molecule has 6 heteroatoms. The van der Waals surface area contributed by atoms with Crippen LogP contribution in [0.1, 0.15) is 60.3 Å². The summed E-state index contributed by atoms with van der Waals surface area (Å²) in [6.45, 7) is 9.59. The number of carbonyl (C=O) groups excluding carboxylic acids is 1. The summed E-state index contributed by atoms with van der Waals surface area (Å²) in [5.41, 5.74) is -0.629. The number of hydrogen-bond acceptors (Lipinski definition) is 4. The monoisotopic (exact) mass is 305 g/mol. The summed E-state index contributed by atoms with van der Waals surface area (Å²) < 4.78 is 30.9. The Balaban J connectivity index is 2.45. The summed E-state index contributed by atoms with van der Waals surface area (Å²) in [7, 11) is -3.71. The lowest BCUT2D eigenvalue weighted by molar-refractivity contribution is -0.117. The van der Waals surface area contributed by atoms with E-state index >= 15 is 0 Å². The molecule has 20 heavy (non-hydrogen) atoms. The molecule has 0 amide bonds. The van der Waals surface area contributed by atoms with Gasteiger partial charge in [-0.3, -0.25) is 8.98 Å². The van der Waals surface area contributed by atoms with Gasteiger partial charge in [-0.1, -0.05) is 13.8 Å². The van der Waals surface area contributed by atoms with Crippen LogP contribution >= 0.6 is 0 Å². The molecule has 1 rings (SSSR count). The van der Waals surface area contributed by atoms with Crippen LogP contribution in [0.15, 0.2) is 0 Å². The number of hydrogen-bond donors (Lipinski definition) is 1. The maximum absolute atomic E-state index is 11.7. The molecule has 0 aliphatic heterocycles. The summed E-state index contributed by atoms with van der Waals surface area (Å²) in [4.78, 5) is 11.4. The summed E-state index contributed by atoms with van der Waals surface area (Å²) in [6, 6.07) is 0. The van der Waals surface area contributed by atoms with Gasteiger partial charge in [0, 0.05) is 18.4 Å². The Labute approximate surface area is 122 Å². The molecule has 1 fully saturated rings. The van der Waals surface area contributed by atoms with Gasteiger partial charge in [0.2, 0.25) is 0 Å². The molecule has 5 nitrogen and oxygen atoms in total. The van der Waals surface area contributed by atoms with Gasteiger partial charge in [-0.05, 0) is 44.9 Å². The van der Waals surface area contributed by atoms with Crippen LogP contribution in [0.4, 0.5) is 0 Å². The van der Waals surface area contributed by atoms with Gasteiger partial charge in [0.1, 0.15) is 5.78 Å². The molecule has 0 aromatic rings. The number of rotatable bonds is 6. The Morgan fingerprint density at radius 1 is 1.25 bits per heavy atom. The minimum atomic E-state index is -3.71. The molecule has 0 spiro atoms. The molecule has 0 aromatic heterocycles. The third kappa shape index (κ3) is 5.89. The van der Waals surface area contributed by atoms with Gasteiger partial charge < -0.3 is 0 Å². The predicted molar refractivity (Wildman–Crippen MR) is 78.5 cm³/mol. The fourth-order valence-electron chi connectivity index (χ4n) is 2.50. The largest absolute Gasteiger partial charge is 0.336 e. The molecule has 0 heterocycles. The quantitative estimate of drug-likeness (QED) is 0.818. The molecule has 1 aliphatic rings. The maximum atomic E-state index is 11.7. The number of nitrogens with one attached hydrogen (secondary N) is 1. The van der Waals surface area contributed by atoms with E-state index in [1.807, 2.05) is 0 Å². The predicted octanol–water partition coefficient (Wildman–Crippen LogP) is 2.42. The molecular formula is C14H27NO4S. The van der Waals surface area contributed by atoms with E-state index in [0.29, 0.717) is 31.0 Å². The van der Waals surface area contributed by atoms with E-state index in [4.69, 9.17) is 4.18 Å². The highest BCUT2D eigenvalue weighted by Gasteiger charge is 2.35. The van der Waals surface area contributed by atoms with Gasteiger partial charge in [0.25, 0.3) is 0 Å². The second-order valence-corrected chi connectivity index (χ2v) is 8.69. The fraction of sp³-hybridized carbons (Fsp3) is 0.929. The van der Waals surface area contributed by atoms with E-state index < -0.39 is 15.8 Å². The average molecular weight is 305 g/mol. The van der Waals surface area contributed by atoms with E-state index in [1.165, 1.54) is 0 Å². The van der Waals surface area contributed by atoms with Gasteiger partial charge >= 0.3 is 10.3 Å². The zero-order valence-electron chi connectivity index (χ0n) is 13.2. The van der Waals surface area contributed by atoms with Crippen LogP contribution in [0.25, 0.3) is 0 Å². The molecule has 0 bridgehead atoms. The Kier molecular flexibility index (Phi) is 5.38. The topological polar surface area (TPSA) is 72.5 Å². The first kappa shape index (κ1) is 17.6. The van der Waals surface area contributed by atoms with Crippen LogP contribution < -0.4 is 4.72 Å². The highest BCUT2D eigenvalue weighted by molar-refractivity contribution is 7.84. The number of carbonyl (C=O) groups is 1. The lowest BCUT2D eigenvalue weighted by atomic mass is 9.75. The smallest absolute Gasteiger partial charge is 0.300 e. The molecule has 1 unspecified atom stereocenters. The minimum Gasteiger partial charge on any atom is -0.300 e. The van der Waals surface area contributed by atoms with E-state index in [9.17, 15) is 13.2 Å². The van der Waals surface area contributed by atoms with Crippen molar-refractivity contribution in [2.24, 2.45) is 11.3 Å². The van der Waals surface area contributed by atoms with E-state index in [-0.39, 0.29) is 12.0 Å². The first-order chi connectivity index (χ1) is 8.91. The molecule has 0 radical (unpaired) electrons. The Hall–Kier alpha value is -0.460. The van der Waals surface area contributed by atoms with Gasteiger partial charge in [0.05, 0.1) is 6.61 Å². The first-order valence-electron chi connectivity index (χ1n) is 7.11. The van der Waals surface area contributed by atoms with Crippen molar-refractivity contribution in [2.45, 2.75) is 65.8 Å². The second kappa shape index (κ2) is 6.12. The molecule has 1 saturated carbocycles. The normalized spacial score (nSPS) is 21.4. The van der Waals surface area contributed by atoms with E-state index in [1.54, 1.807) is 20.8 Å². The summed E-state index contributed by atoms with van der Waals surface area (Å²) in [5.74, 6) is 0.642. The number of Topliss-reactive ketones (excluding diaryl/α,β-unsaturated/α-hetero) is 1. The zero-order valence-corrected chi connectivity index (χ0v) is 14.0. The zero-order chi connectivity index (χ0) is 15.6. The third-order valence-corrected chi connectivity index (χ3v) is 5.11. The fourth-order valence-corrected chi connectivity index (χ4v) is 3.62.